The maximum absolute atomic E-state index is 5.19. The number of nitrogens with zero attached hydrogens (tertiary/aromatic N) is 4. The highest BCUT2D eigenvalue weighted by Crippen LogP contribution is 2.14. The second-order valence-electron chi connectivity index (χ2n) is 3.22. The van der Waals surface area contributed by atoms with Crippen molar-refractivity contribution in [2.24, 2.45) is 0 Å². The third-order valence-corrected chi connectivity index (χ3v) is 2.14. The first-order chi connectivity index (χ1) is 7.93. The molecule has 0 unspecified atom stereocenters. The van der Waals surface area contributed by atoms with Crippen molar-refractivity contribution in [3.05, 3.63) is 48.7 Å². The highest BCUT2D eigenvalue weighted by Gasteiger charge is 2.08. The van der Waals surface area contributed by atoms with Crippen molar-refractivity contribution in [1.29, 1.82) is 0 Å². The van der Waals surface area contributed by atoms with E-state index in [4.69, 9.17) is 4.42 Å². The van der Waals surface area contributed by atoms with E-state index in [-0.39, 0.29) is 0 Å². The average molecular weight is 212 g/mol. The maximum atomic E-state index is 5.19. The largest absolute Gasteiger partial charge is 0.461 e. The molecule has 0 saturated carbocycles. The first-order valence-corrected chi connectivity index (χ1v) is 4.83. The molecule has 0 bridgehead atoms. The molecule has 0 fully saturated rings. The predicted molar refractivity (Wildman–Crippen MR) is 56.9 cm³/mol. The van der Waals surface area contributed by atoms with Gasteiger partial charge in [-0.05, 0) is 29.5 Å². The SMILES string of the molecule is c1ccc(-n2nnc(-c3ccco3)n2)cc1. The van der Waals surface area contributed by atoms with Crippen LogP contribution < -0.4 is 0 Å². The number of tetrazole rings is 1. The van der Waals surface area contributed by atoms with Gasteiger partial charge < -0.3 is 4.42 Å². The van der Waals surface area contributed by atoms with Crippen molar-refractivity contribution in [2.75, 3.05) is 0 Å². The van der Waals surface area contributed by atoms with E-state index in [1.807, 2.05) is 30.3 Å². The monoisotopic (exact) mass is 212 g/mol. The Morgan fingerprint density at radius 1 is 1.00 bits per heavy atom. The van der Waals surface area contributed by atoms with Gasteiger partial charge in [0.2, 0.25) is 5.82 Å². The fourth-order valence-corrected chi connectivity index (χ4v) is 1.39. The lowest BCUT2D eigenvalue weighted by molar-refractivity contribution is 0.577. The zero-order valence-corrected chi connectivity index (χ0v) is 8.32. The summed E-state index contributed by atoms with van der Waals surface area (Å²) < 4.78 is 5.19. The van der Waals surface area contributed by atoms with E-state index >= 15 is 0 Å². The minimum atomic E-state index is 0.480. The first kappa shape index (κ1) is 8.84. The van der Waals surface area contributed by atoms with Gasteiger partial charge >= 0.3 is 0 Å². The molecule has 0 aliphatic rings. The summed E-state index contributed by atoms with van der Waals surface area (Å²) in [7, 11) is 0. The fraction of sp³-hybridized carbons (Fsp3) is 0. The number of para-hydroxylation sites is 1. The third kappa shape index (κ3) is 1.48. The average Bonchev–Trinajstić information content (AvgIpc) is 3.01. The molecule has 0 N–H and O–H groups in total. The van der Waals surface area contributed by atoms with Gasteiger partial charge in [0.25, 0.3) is 0 Å². The van der Waals surface area contributed by atoms with Gasteiger partial charge in [-0.2, -0.15) is 0 Å². The van der Waals surface area contributed by atoms with Crippen LogP contribution in [-0.4, -0.2) is 20.2 Å². The summed E-state index contributed by atoms with van der Waals surface area (Å²) >= 11 is 0. The molecule has 16 heavy (non-hydrogen) atoms. The van der Waals surface area contributed by atoms with Crippen molar-refractivity contribution in [3.8, 4) is 17.3 Å². The number of rotatable bonds is 2. The molecule has 2 aromatic heterocycles. The predicted octanol–water partition coefficient (Wildman–Crippen LogP) is 1.92. The zero-order chi connectivity index (χ0) is 10.8. The lowest BCUT2D eigenvalue weighted by Crippen LogP contribution is -1.97. The molecule has 0 aliphatic carbocycles. The lowest BCUT2D eigenvalue weighted by atomic mass is 10.3. The Morgan fingerprint density at radius 3 is 2.62 bits per heavy atom. The van der Waals surface area contributed by atoms with Gasteiger partial charge in [0.1, 0.15) is 0 Å². The van der Waals surface area contributed by atoms with Gasteiger partial charge in [-0.15, -0.1) is 15.0 Å². The van der Waals surface area contributed by atoms with Gasteiger partial charge in [0, 0.05) is 0 Å². The minimum absolute atomic E-state index is 0.480. The van der Waals surface area contributed by atoms with E-state index in [0.717, 1.165) is 5.69 Å². The molecule has 3 rings (SSSR count). The summed E-state index contributed by atoms with van der Waals surface area (Å²) in [5.41, 5.74) is 0.868. The summed E-state index contributed by atoms with van der Waals surface area (Å²) in [4.78, 5) is 1.47. The Balaban J connectivity index is 2.00. The Hall–Kier alpha value is -2.43. The molecular weight excluding hydrogens is 204 g/mol. The van der Waals surface area contributed by atoms with Crippen molar-refractivity contribution >= 4 is 0 Å². The number of furan rings is 1. The number of hydrogen-bond donors (Lipinski definition) is 0. The molecule has 0 amide bonds. The van der Waals surface area contributed by atoms with Crippen molar-refractivity contribution in [3.63, 3.8) is 0 Å². The van der Waals surface area contributed by atoms with E-state index in [9.17, 15) is 0 Å². The number of hydrogen-bond acceptors (Lipinski definition) is 4. The van der Waals surface area contributed by atoms with E-state index in [1.54, 1.807) is 18.4 Å². The molecule has 5 nitrogen and oxygen atoms in total. The van der Waals surface area contributed by atoms with Gasteiger partial charge in [0.15, 0.2) is 5.76 Å². The van der Waals surface area contributed by atoms with Crippen LogP contribution in [0.3, 0.4) is 0 Å². The lowest BCUT2D eigenvalue weighted by Gasteiger charge is -1.94. The molecule has 0 spiro atoms. The van der Waals surface area contributed by atoms with Crippen LogP contribution in [0, 0.1) is 0 Å². The molecule has 1 aromatic carbocycles. The van der Waals surface area contributed by atoms with Gasteiger partial charge in [-0.1, -0.05) is 18.2 Å². The standard InChI is InChI=1S/C11H8N4O/c1-2-5-9(6-3-1)15-13-11(12-14-15)10-7-4-8-16-10/h1-8H. The zero-order valence-electron chi connectivity index (χ0n) is 8.32. The highest BCUT2D eigenvalue weighted by atomic mass is 16.3. The topological polar surface area (TPSA) is 56.7 Å². The number of aromatic nitrogens is 4. The summed E-state index contributed by atoms with van der Waals surface area (Å²) in [5, 5.41) is 12.1. The van der Waals surface area contributed by atoms with Crippen LogP contribution in [0.2, 0.25) is 0 Å². The molecule has 0 aliphatic heterocycles. The molecule has 78 valence electrons. The number of benzene rings is 1. The Bertz CT molecular complexity index is 571. The van der Waals surface area contributed by atoms with E-state index in [1.165, 1.54) is 4.80 Å². The van der Waals surface area contributed by atoms with Gasteiger partial charge in [-0.25, -0.2) is 0 Å². The summed E-state index contributed by atoms with van der Waals surface area (Å²) in [6.45, 7) is 0. The maximum Gasteiger partial charge on any atom is 0.240 e. The van der Waals surface area contributed by atoms with Gasteiger partial charge in [-0.3, -0.25) is 0 Å². The molecule has 0 radical (unpaired) electrons. The van der Waals surface area contributed by atoms with Crippen LogP contribution in [0.15, 0.2) is 53.1 Å². The molecule has 0 saturated heterocycles. The summed E-state index contributed by atoms with van der Waals surface area (Å²) in [6, 6.07) is 13.2. The second-order valence-corrected chi connectivity index (χ2v) is 3.22. The molecule has 0 atom stereocenters. The van der Waals surface area contributed by atoms with Crippen LogP contribution >= 0.6 is 0 Å². The highest BCUT2D eigenvalue weighted by molar-refractivity contribution is 5.44. The van der Waals surface area contributed by atoms with E-state index in [2.05, 4.69) is 15.4 Å². The van der Waals surface area contributed by atoms with E-state index in [0.29, 0.717) is 11.6 Å². The molecule has 5 heteroatoms. The normalized spacial score (nSPS) is 10.5. The van der Waals surface area contributed by atoms with Crippen molar-refractivity contribution in [2.45, 2.75) is 0 Å². The minimum Gasteiger partial charge on any atom is -0.461 e. The smallest absolute Gasteiger partial charge is 0.240 e. The van der Waals surface area contributed by atoms with Crippen LogP contribution in [-0.2, 0) is 0 Å². The van der Waals surface area contributed by atoms with Crippen LogP contribution in [0.1, 0.15) is 0 Å². The second kappa shape index (κ2) is 3.62. The van der Waals surface area contributed by atoms with Crippen LogP contribution in [0.4, 0.5) is 0 Å². The van der Waals surface area contributed by atoms with Crippen molar-refractivity contribution < 1.29 is 4.42 Å². The molecule has 2 heterocycles. The Kier molecular flexibility index (Phi) is 2.00. The summed E-state index contributed by atoms with van der Waals surface area (Å²) in [6.07, 6.45) is 1.58. The Morgan fingerprint density at radius 2 is 1.88 bits per heavy atom. The molecular formula is C11H8N4O. The Labute approximate surface area is 91.3 Å². The molecule has 3 aromatic rings. The van der Waals surface area contributed by atoms with Crippen LogP contribution in [0.5, 0.6) is 0 Å². The fourth-order valence-electron chi connectivity index (χ4n) is 1.39. The van der Waals surface area contributed by atoms with Crippen LogP contribution in [0.25, 0.3) is 17.3 Å². The third-order valence-electron chi connectivity index (χ3n) is 2.14. The van der Waals surface area contributed by atoms with Crippen molar-refractivity contribution in [1.82, 2.24) is 20.2 Å². The quantitative estimate of drug-likeness (QED) is 0.651. The first-order valence-electron chi connectivity index (χ1n) is 4.83. The summed E-state index contributed by atoms with van der Waals surface area (Å²) in [5.74, 6) is 1.09. The van der Waals surface area contributed by atoms with Gasteiger partial charge in [0.05, 0.1) is 12.0 Å². The van der Waals surface area contributed by atoms with E-state index < -0.39 is 0 Å².